The van der Waals surface area contributed by atoms with Crippen molar-refractivity contribution >= 4 is 37.5 Å². The summed E-state index contributed by atoms with van der Waals surface area (Å²) in [6.07, 6.45) is 3.74. The van der Waals surface area contributed by atoms with Gasteiger partial charge in [-0.05, 0) is 50.1 Å². The molecule has 5 nitrogen and oxygen atoms in total. The monoisotopic (exact) mass is 395 g/mol. The largest absolute Gasteiger partial charge is 0.304 e. The Balaban J connectivity index is 1.68. The van der Waals surface area contributed by atoms with E-state index in [9.17, 15) is 0 Å². The van der Waals surface area contributed by atoms with Gasteiger partial charge >= 0.3 is 0 Å². The summed E-state index contributed by atoms with van der Waals surface area (Å²) < 4.78 is 3.90. The van der Waals surface area contributed by atoms with Crippen LogP contribution in [0.4, 0.5) is 0 Å². The molecule has 20 heavy (non-hydrogen) atoms. The van der Waals surface area contributed by atoms with Crippen LogP contribution in [0.15, 0.2) is 45.6 Å². The molecule has 0 aliphatic rings. The predicted octanol–water partition coefficient (Wildman–Crippen LogP) is 2.94. The molecule has 3 heterocycles. The zero-order chi connectivity index (χ0) is 13.9. The summed E-state index contributed by atoms with van der Waals surface area (Å²) in [6, 6.07) is 7.83. The second-order valence-electron chi connectivity index (χ2n) is 4.23. The molecule has 0 unspecified atom stereocenters. The van der Waals surface area contributed by atoms with Crippen molar-refractivity contribution in [1.29, 1.82) is 0 Å². The lowest BCUT2D eigenvalue weighted by Crippen LogP contribution is -2.16. The van der Waals surface area contributed by atoms with Crippen molar-refractivity contribution in [3.05, 3.63) is 57.1 Å². The summed E-state index contributed by atoms with van der Waals surface area (Å²) in [5.41, 5.74) is 1.81. The van der Waals surface area contributed by atoms with Gasteiger partial charge in [-0.15, -0.1) is 10.2 Å². The molecule has 0 amide bonds. The SMILES string of the molecule is Brc1cnc(CNCc2nnc3ccccn23)c(Br)c1. The van der Waals surface area contributed by atoms with Crippen LogP contribution in [0.3, 0.4) is 0 Å². The normalized spacial score (nSPS) is 11.1. The maximum Gasteiger partial charge on any atom is 0.160 e. The van der Waals surface area contributed by atoms with Crippen molar-refractivity contribution in [2.45, 2.75) is 13.1 Å². The highest BCUT2D eigenvalue weighted by Gasteiger charge is 2.05. The molecule has 102 valence electrons. The average molecular weight is 397 g/mol. The Bertz CT molecular complexity index is 740. The zero-order valence-electron chi connectivity index (χ0n) is 10.4. The Morgan fingerprint density at radius 1 is 1.15 bits per heavy atom. The highest BCUT2D eigenvalue weighted by molar-refractivity contribution is 9.11. The second kappa shape index (κ2) is 5.99. The van der Waals surface area contributed by atoms with Gasteiger partial charge in [0.25, 0.3) is 0 Å². The van der Waals surface area contributed by atoms with E-state index in [0.717, 1.165) is 26.1 Å². The number of fused-ring (bicyclic) bond motifs is 1. The van der Waals surface area contributed by atoms with E-state index in [1.807, 2.05) is 34.9 Å². The van der Waals surface area contributed by atoms with Crippen LogP contribution in [0, 0.1) is 0 Å². The Morgan fingerprint density at radius 3 is 2.90 bits per heavy atom. The number of pyridine rings is 2. The minimum atomic E-state index is 0.634. The fourth-order valence-electron chi connectivity index (χ4n) is 1.88. The lowest BCUT2D eigenvalue weighted by atomic mass is 10.3. The molecule has 0 saturated heterocycles. The summed E-state index contributed by atoms with van der Waals surface area (Å²) in [6.45, 7) is 1.30. The van der Waals surface area contributed by atoms with Gasteiger partial charge in [0.2, 0.25) is 0 Å². The second-order valence-corrected chi connectivity index (χ2v) is 6.00. The summed E-state index contributed by atoms with van der Waals surface area (Å²) in [5, 5.41) is 11.6. The molecule has 0 aliphatic heterocycles. The minimum Gasteiger partial charge on any atom is -0.304 e. The van der Waals surface area contributed by atoms with Crippen LogP contribution < -0.4 is 5.32 Å². The van der Waals surface area contributed by atoms with Crippen LogP contribution in [-0.2, 0) is 13.1 Å². The maximum atomic E-state index is 4.36. The van der Waals surface area contributed by atoms with Gasteiger partial charge in [0.15, 0.2) is 11.5 Å². The fourth-order valence-corrected chi connectivity index (χ4v) is 3.00. The Labute approximate surface area is 132 Å². The first-order valence-corrected chi connectivity index (χ1v) is 7.62. The number of hydrogen-bond donors (Lipinski definition) is 1. The molecule has 0 atom stereocenters. The van der Waals surface area contributed by atoms with Crippen molar-refractivity contribution in [3.63, 3.8) is 0 Å². The third-order valence-corrected chi connectivity index (χ3v) is 3.96. The Hall–Kier alpha value is -1.31. The van der Waals surface area contributed by atoms with Crippen molar-refractivity contribution in [2.75, 3.05) is 0 Å². The molecule has 0 radical (unpaired) electrons. The molecule has 0 spiro atoms. The molecule has 0 aromatic carbocycles. The van der Waals surface area contributed by atoms with Crippen LogP contribution in [0.1, 0.15) is 11.5 Å². The number of rotatable bonds is 4. The van der Waals surface area contributed by atoms with Gasteiger partial charge in [-0.2, -0.15) is 0 Å². The highest BCUT2D eigenvalue weighted by Crippen LogP contribution is 2.19. The Kier molecular flexibility index (Phi) is 4.09. The number of halogens is 2. The van der Waals surface area contributed by atoms with Gasteiger partial charge in [0.1, 0.15) is 0 Å². The van der Waals surface area contributed by atoms with Crippen molar-refractivity contribution in [3.8, 4) is 0 Å². The smallest absolute Gasteiger partial charge is 0.160 e. The van der Waals surface area contributed by atoms with Crippen molar-refractivity contribution < 1.29 is 0 Å². The molecule has 0 saturated carbocycles. The molecular formula is C13H11Br2N5. The minimum absolute atomic E-state index is 0.634. The number of hydrogen-bond acceptors (Lipinski definition) is 4. The Morgan fingerprint density at radius 2 is 2.05 bits per heavy atom. The summed E-state index contributed by atoms with van der Waals surface area (Å²) in [5.74, 6) is 0.883. The number of nitrogens with one attached hydrogen (secondary N) is 1. The molecule has 3 aromatic heterocycles. The molecular weight excluding hydrogens is 386 g/mol. The standard InChI is InChI=1S/C13H11Br2N5/c14-9-5-10(15)11(17-6-9)7-16-8-13-19-18-12-3-1-2-4-20(12)13/h1-6,16H,7-8H2. The number of aromatic nitrogens is 4. The van der Waals surface area contributed by atoms with E-state index < -0.39 is 0 Å². The highest BCUT2D eigenvalue weighted by atomic mass is 79.9. The summed E-state index contributed by atoms with van der Waals surface area (Å²) in [4.78, 5) is 4.36. The molecule has 3 rings (SSSR count). The molecule has 7 heteroatoms. The van der Waals surface area contributed by atoms with Crippen LogP contribution >= 0.6 is 31.9 Å². The van der Waals surface area contributed by atoms with Crippen LogP contribution in [0.25, 0.3) is 5.65 Å². The van der Waals surface area contributed by atoms with Crippen LogP contribution in [0.2, 0.25) is 0 Å². The van der Waals surface area contributed by atoms with E-state index in [1.165, 1.54) is 0 Å². The van der Waals surface area contributed by atoms with Gasteiger partial charge < -0.3 is 5.32 Å². The number of nitrogens with zero attached hydrogens (tertiary/aromatic N) is 4. The molecule has 0 bridgehead atoms. The first-order valence-electron chi connectivity index (χ1n) is 6.03. The maximum absolute atomic E-state index is 4.36. The van der Waals surface area contributed by atoms with E-state index in [-0.39, 0.29) is 0 Å². The first kappa shape index (κ1) is 13.7. The lowest BCUT2D eigenvalue weighted by Gasteiger charge is -2.05. The van der Waals surface area contributed by atoms with Gasteiger partial charge in [0, 0.05) is 27.9 Å². The average Bonchev–Trinajstić information content (AvgIpc) is 2.85. The third-order valence-electron chi connectivity index (χ3n) is 2.84. The van der Waals surface area contributed by atoms with E-state index in [2.05, 4.69) is 52.4 Å². The van der Waals surface area contributed by atoms with E-state index >= 15 is 0 Å². The first-order chi connectivity index (χ1) is 9.74. The third kappa shape index (κ3) is 2.89. The van der Waals surface area contributed by atoms with Crippen LogP contribution in [0.5, 0.6) is 0 Å². The van der Waals surface area contributed by atoms with Gasteiger partial charge in [-0.3, -0.25) is 9.38 Å². The lowest BCUT2D eigenvalue weighted by molar-refractivity contribution is 0.644. The summed E-state index contributed by atoms with van der Waals surface area (Å²) in [7, 11) is 0. The fraction of sp³-hybridized carbons (Fsp3) is 0.154. The molecule has 3 aromatic rings. The van der Waals surface area contributed by atoms with E-state index in [4.69, 9.17) is 0 Å². The van der Waals surface area contributed by atoms with Crippen molar-refractivity contribution in [2.24, 2.45) is 0 Å². The molecule has 0 aliphatic carbocycles. The van der Waals surface area contributed by atoms with E-state index in [1.54, 1.807) is 6.20 Å². The summed E-state index contributed by atoms with van der Waals surface area (Å²) >= 11 is 6.89. The van der Waals surface area contributed by atoms with Crippen molar-refractivity contribution in [1.82, 2.24) is 24.9 Å². The van der Waals surface area contributed by atoms with Gasteiger partial charge in [-0.1, -0.05) is 6.07 Å². The quantitative estimate of drug-likeness (QED) is 0.736. The molecule has 1 N–H and O–H groups in total. The van der Waals surface area contributed by atoms with E-state index in [0.29, 0.717) is 13.1 Å². The van der Waals surface area contributed by atoms with Gasteiger partial charge in [-0.25, -0.2) is 0 Å². The topological polar surface area (TPSA) is 55.1 Å². The van der Waals surface area contributed by atoms with Gasteiger partial charge in [0.05, 0.1) is 12.2 Å². The van der Waals surface area contributed by atoms with Crippen LogP contribution in [-0.4, -0.2) is 19.6 Å². The predicted molar refractivity (Wildman–Crippen MR) is 83.2 cm³/mol. The molecule has 0 fully saturated rings. The zero-order valence-corrected chi connectivity index (χ0v) is 13.6.